The van der Waals surface area contributed by atoms with Gasteiger partial charge in [0.2, 0.25) is 10.0 Å². The molecule has 1 aromatic carbocycles. The van der Waals surface area contributed by atoms with Gasteiger partial charge in [-0.25, -0.2) is 18.1 Å². The SMILES string of the molecule is Cn1cnc(CCNS(=O)(=O)c2ccc(Cl)c(CO)c2)n1. The molecule has 1 aromatic heterocycles. The lowest BCUT2D eigenvalue weighted by atomic mass is 10.2. The molecule has 0 fully saturated rings. The zero-order valence-electron chi connectivity index (χ0n) is 11.3. The number of hydrogen-bond donors (Lipinski definition) is 2. The van der Waals surface area contributed by atoms with Gasteiger partial charge in [-0.3, -0.25) is 4.68 Å². The number of halogens is 1. The Hall–Kier alpha value is -1.48. The van der Waals surface area contributed by atoms with Crippen molar-refractivity contribution in [3.63, 3.8) is 0 Å². The second-order valence-corrected chi connectivity index (χ2v) is 6.57. The molecule has 0 radical (unpaired) electrons. The van der Waals surface area contributed by atoms with E-state index in [-0.39, 0.29) is 18.0 Å². The molecule has 0 atom stereocenters. The average Bonchev–Trinajstić information content (AvgIpc) is 2.84. The number of aliphatic hydroxyl groups is 1. The van der Waals surface area contributed by atoms with Gasteiger partial charge in [0.25, 0.3) is 0 Å². The summed E-state index contributed by atoms with van der Waals surface area (Å²) in [6.07, 6.45) is 1.94. The molecule has 2 rings (SSSR count). The number of aryl methyl sites for hydroxylation is 1. The number of hydrogen-bond acceptors (Lipinski definition) is 5. The molecular weight excluding hydrogens is 316 g/mol. The summed E-state index contributed by atoms with van der Waals surface area (Å²) in [7, 11) is -1.91. The fourth-order valence-electron chi connectivity index (χ4n) is 1.72. The third kappa shape index (κ3) is 4.01. The summed E-state index contributed by atoms with van der Waals surface area (Å²) in [5.41, 5.74) is 0.367. The van der Waals surface area contributed by atoms with E-state index in [4.69, 9.17) is 16.7 Å². The molecule has 0 aliphatic carbocycles. The number of benzene rings is 1. The molecular formula is C12H15ClN4O3S. The van der Waals surface area contributed by atoms with Crippen molar-refractivity contribution in [3.8, 4) is 0 Å². The summed E-state index contributed by atoms with van der Waals surface area (Å²) in [5.74, 6) is 0.562. The number of rotatable bonds is 6. The Kier molecular flexibility index (Phi) is 4.94. The van der Waals surface area contributed by atoms with Crippen molar-refractivity contribution in [1.29, 1.82) is 0 Å². The molecule has 21 heavy (non-hydrogen) atoms. The van der Waals surface area contributed by atoms with Crippen LogP contribution in [0.5, 0.6) is 0 Å². The molecule has 0 unspecified atom stereocenters. The molecule has 0 saturated heterocycles. The molecule has 0 amide bonds. The van der Waals surface area contributed by atoms with E-state index in [0.29, 0.717) is 22.8 Å². The topological polar surface area (TPSA) is 97.1 Å². The normalized spacial score (nSPS) is 11.8. The summed E-state index contributed by atoms with van der Waals surface area (Å²) in [6, 6.07) is 4.19. The standard InChI is InChI=1S/C12H15ClN4O3S/c1-17-8-14-12(16-17)4-5-15-21(19,20)10-2-3-11(13)9(6-10)7-18/h2-3,6,8,15,18H,4-5,7H2,1H3. The van der Waals surface area contributed by atoms with Crippen LogP contribution in [-0.2, 0) is 30.1 Å². The van der Waals surface area contributed by atoms with E-state index in [0.717, 1.165) is 0 Å². The van der Waals surface area contributed by atoms with E-state index in [2.05, 4.69) is 14.8 Å². The van der Waals surface area contributed by atoms with Gasteiger partial charge in [-0.1, -0.05) is 11.6 Å². The highest BCUT2D eigenvalue weighted by atomic mass is 35.5. The molecule has 0 saturated carbocycles. The lowest BCUT2D eigenvalue weighted by molar-refractivity contribution is 0.281. The van der Waals surface area contributed by atoms with Crippen LogP contribution < -0.4 is 4.72 Å². The highest BCUT2D eigenvalue weighted by Gasteiger charge is 2.15. The first-order valence-electron chi connectivity index (χ1n) is 6.16. The van der Waals surface area contributed by atoms with E-state index < -0.39 is 10.0 Å². The minimum Gasteiger partial charge on any atom is -0.392 e. The van der Waals surface area contributed by atoms with E-state index in [1.807, 2.05) is 0 Å². The highest BCUT2D eigenvalue weighted by Crippen LogP contribution is 2.20. The fraction of sp³-hybridized carbons (Fsp3) is 0.333. The first kappa shape index (κ1) is 15.9. The predicted octanol–water partition coefficient (Wildman–Crippen LogP) is 0.482. The second kappa shape index (κ2) is 6.52. The number of sulfonamides is 1. The van der Waals surface area contributed by atoms with Gasteiger partial charge in [0.1, 0.15) is 6.33 Å². The number of aromatic nitrogens is 3. The minimum absolute atomic E-state index is 0.0601. The van der Waals surface area contributed by atoms with E-state index in [1.54, 1.807) is 18.1 Å². The lowest BCUT2D eigenvalue weighted by Gasteiger charge is -2.08. The van der Waals surface area contributed by atoms with Crippen LogP contribution in [-0.4, -0.2) is 34.8 Å². The number of nitrogens with zero attached hydrogens (tertiary/aromatic N) is 3. The minimum atomic E-state index is -3.66. The van der Waals surface area contributed by atoms with Crippen LogP contribution in [0.2, 0.25) is 5.02 Å². The molecule has 1 heterocycles. The molecule has 7 nitrogen and oxygen atoms in total. The molecule has 2 N–H and O–H groups in total. The van der Waals surface area contributed by atoms with E-state index in [9.17, 15) is 8.42 Å². The molecule has 0 bridgehead atoms. The maximum Gasteiger partial charge on any atom is 0.240 e. The smallest absolute Gasteiger partial charge is 0.240 e. The third-order valence-corrected chi connectivity index (χ3v) is 4.61. The van der Waals surface area contributed by atoms with Crippen LogP contribution in [0.15, 0.2) is 29.4 Å². The van der Waals surface area contributed by atoms with Crippen LogP contribution in [0.3, 0.4) is 0 Å². The van der Waals surface area contributed by atoms with Crippen molar-refractivity contribution in [2.45, 2.75) is 17.9 Å². The highest BCUT2D eigenvalue weighted by molar-refractivity contribution is 7.89. The summed E-state index contributed by atoms with van der Waals surface area (Å²) >= 11 is 5.84. The Labute approximate surface area is 127 Å². The van der Waals surface area contributed by atoms with Crippen LogP contribution in [0.1, 0.15) is 11.4 Å². The second-order valence-electron chi connectivity index (χ2n) is 4.39. The Bertz CT molecular complexity index is 730. The van der Waals surface area contributed by atoms with Gasteiger partial charge in [-0.05, 0) is 23.8 Å². The lowest BCUT2D eigenvalue weighted by Crippen LogP contribution is -2.26. The van der Waals surface area contributed by atoms with Gasteiger partial charge in [0.05, 0.1) is 11.5 Å². The number of aliphatic hydroxyl groups excluding tert-OH is 1. The monoisotopic (exact) mass is 330 g/mol. The zero-order valence-corrected chi connectivity index (χ0v) is 12.9. The van der Waals surface area contributed by atoms with Gasteiger partial charge in [0.15, 0.2) is 5.82 Å². The Morgan fingerprint density at radius 2 is 2.19 bits per heavy atom. The maximum absolute atomic E-state index is 12.1. The summed E-state index contributed by atoms with van der Waals surface area (Å²) < 4.78 is 28.3. The first-order chi connectivity index (χ1) is 9.92. The van der Waals surface area contributed by atoms with Crippen molar-refractivity contribution in [2.24, 2.45) is 7.05 Å². The molecule has 0 aliphatic rings. The van der Waals surface area contributed by atoms with Crippen molar-refractivity contribution in [3.05, 3.63) is 40.9 Å². The summed E-state index contributed by atoms with van der Waals surface area (Å²) in [6.45, 7) is -0.135. The summed E-state index contributed by atoms with van der Waals surface area (Å²) in [5, 5.41) is 13.5. The van der Waals surface area contributed by atoms with Crippen LogP contribution in [0.25, 0.3) is 0 Å². The molecule has 114 valence electrons. The molecule has 0 aliphatic heterocycles. The van der Waals surface area contributed by atoms with Gasteiger partial charge < -0.3 is 5.11 Å². The largest absolute Gasteiger partial charge is 0.392 e. The van der Waals surface area contributed by atoms with E-state index >= 15 is 0 Å². The first-order valence-corrected chi connectivity index (χ1v) is 8.02. The molecule has 9 heteroatoms. The molecule has 0 spiro atoms. The average molecular weight is 331 g/mol. The van der Waals surface area contributed by atoms with Gasteiger partial charge in [-0.2, -0.15) is 5.10 Å². The Balaban J connectivity index is 2.04. The fourth-order valence-corrected chi connectivity index (χ4v) is 2.98. The molecule has 2 aromatic rings. The van der Waals surface area contributed by atoms with Gasteiger partial charge in [0, 0.05) is 25.0 Å². The van der Waals surface area contributed by atoms with Crippen LogP contribution in [0, 0.1) is 0 Å². The van der Waals surface area contributed by atoms with E-state index in [1.165, 1.54) is 18.2 Å². The van der Waals surface area contributed by atoms with Gasteiger partial charge in [-0.15, -0.1) is 0 Å². The van der Waals surface area contributed by atoms with Gasteiger partial charge >= 0.3 is 0 Å². The zero-order chi connectivity index (χ0) is 15.5. The van der Waals surface area contributed by atoms with Crippen LogP contribution in [0.4, 0.5) is 0 Å². The predicted molar refractivity (Wildman–Crippen MR) is 77.3 cm³/mol. The van der Waals surface area contributed by atoms with Crippen molar-refractivity contribution in [2.75, 3.05) is 6.54 Å². The number of nitrogens with one attached hydrogen (secondary N) is 1. The van der Waals surface area contributed by atoms with Crippen molar-refractivity contribution < 1.29 is 13.5 Å². The Morgan fingerprint density at radius 3 is 2.81 bits per heavy atom. The van der Waals surface area contributed by atoms with Crippen LogP contribution >= 0.6 is 11.6 Å². The summed E-state index contributed by atoms with van der Waals surface area (Å²) in [4.78, 5) is 4.07. The maximum atomic E-state index is 12.1. The quantitative estimate of drug-likeness (QED) is 0.803. The Morgan fingerprint density at radius 1 is 1.43 bits per heavy atom. The third-order valence-electron chi connectivity index (χ3n) is 2.79. The van der Waals surface area contributed by atoms with Crippen molar-refractivity contribution in [1.82, 2.24) is 19.5 Å². The van der Waals surface area contributed by atoms with Crippen molar-refractivity contribution >= 4 is 21.6 Å².